The molecule has 15 rings (SSSR count). The zero-order valence-corrected chi connectivity index (χ0v) is 42.0. The highest BCUT2D eigenvalue weighted by Gasteiger charge is 2.43. The van der Waals surface area contributed by atoms with Gasteiger partial charge in [-0.1, -0.05) is 231 Å². The molecule has 0 saturated carbocycles. The van der Waals surface area contributed by atoms with Gasteiger partial charge in [0.2, 0.25) is 0 Å². The van der Waals surface area contributed by atoms with Gasteiger partial charge < -0.3 is 0 Å². The lowest BCUT2D eigenvalue weighted by molar-refractivity contribution is 1.25. The highest BCUT2D eigenvalue weighted by atomic mass is 32.1. The third-order valence-corrected chi connectivity index (χ3v) is 21.7. The minimum atomic E-state index is -3.17. The van der Waals surface area contributed by atoms with Crippen molar-refractivity contribution in [1.82, 2.24) is 9.97 Å². The van der Waals surface area contributed by atoms with E-state index in [1.54, 1.807) is 0 Å². The SMILES string of the molecule is c1ccc([Si](c2ccccc2)(c2ccc3c(c2)-c2ccccc2-c2ccccc2-c2cc(-c4cccc5c4sc4ccccc45)ccc2-3)c2ccc3c(c2)-c2ccccc2-c2cccnc2-c2ncccc2-3)cc1. The predicted molar refractivity (Wildman–Crippen MR) is 315 cm³/mol. The Balaban J connectivity index is 1.01. The summed E-state index contributed by atoms with van der Waals surface area (Å²) in [5.41, 5.74) is 21.0. The van der Waals surface area contributed by atoms with E-state index in [-0.39, 0.29) is 0 Å². The maximum absolute atomic E-state index is 5.04. The largest absolute Gasteiger partial charge is 0.254 e. The number of benzene rings is 10. The average Bonchev–Trinajstić information content (AvgIpc) is 3.87. The molecule has 13 aromatic rings. The molecule has 0 atom stereocenters. The molecule has 0 radical (unpaired) electrons. The number of fused-ring (bicyclic) bond motifs is 19. The number of aromatic nitrogens is 2. The molecular weight excluding hydrogens is 929 g/mol. The fourth-order valence-corrected chi connectivity index (χ4v) is 18.5. The molecule has 74 heavy (non-hydrogen) atoms. The van der Waals surface area contributed by atoms with Crippen LogP contribution in [0.2, 0.25) is 0 Å². The van der Waals surface area contributed by atoms with E-state index in [2.05, 4.69) is 249 Å². The van der Waals surface area contributed by atoms with Gasteiger partial charge in [0.25, 0.3) is 0 Å². The molecule has 0 amide bonds. The quantitative estimate of drug-likeness (QED) is 0.127. The van der Waals surface area contributed by atoms with Crippen LogP contribution in [-0.2, 0) is 0 Å². The van der Waals surface area contributed by atoms with Crippen LogP contribution in [-0.4, -0.2) is 18.0 Å². The molecule has 2 nitrogen and oxygen atoms in total. The third kappa shape index (κ3) is 6.42. The van der Waals surface area contributed by atoms with Gasteiger partial charge in [0.15, 0.2) is 8.07 Å². The number of nitrogens with zero attached hydrogens (tertiary/aromatic N) is 2. The Bertz CT molecular complexity index is 4340. The summed E-state index contributed by atoms with van der Waals surface area (Å²) in [5, 5.41) is 7.91. The zero-order valence-electron chi connectivity index (χ0n) is 40.2. The molecule has 0 spiro atoms. The third-order valence-electron chi connectivity index (χ3n) is 15.7. The monoisotopic (exact) mass is 972 g/mol. The van der Waals surface area contributed by atoms with Crippen molar-refractivity contribution >= 4 is 60.3 Å². The number of rotatable bonds is 5. The normalized spacial score (nSPS) is 12.1. The first-order valence-corrected chi connectivity index (χ1v) is 28.2. The van der Waals surface area contributed by atoms with Gasteiger partial charge in [0.05, 0.1) is 11.4 Å². The molecule has 0 N–H and O–H groups in total. The van der Waals surface area contributed by atoms with Gasteiger partial charge in [0.1, 0.15) is 0 Å². The van der Waals surface area contributed by atoms with Crippen LogP contribution in [0.5, 0.6) is 0 Å². The predicted octanol–water partition coefficient (Wildman–Crippen LogP) is 15.9. The van der Waals surface area contributed by atoms with Crippen molar-refractivity contribution in [3.05, 3.63) is 267 Å². The zero-order chi connectivity index (χ0) is 48.7. The van der Waals surface area contributed by atoms with Crippen molar-refractivity contribution in [3.8, 4) is 100 Å². The van der Waals surface area contributed by atoms with Crippen molar-refractivity contribution in [2.75, 3.05) is 0 Å². The van der Waals surface area contributed by atoms with Crippen LogP contribution in [0, 0.1) is 0 Å². The van der Waals surface area contributed by atoms with Gasteiger partial charge in [-0.15, -0.1) is 11.3 Å². The molecule has 0 saturated heterocycles. The molecule has 0 bridgehead atoms. The maximum atomic E-state index is 5.04. The summed E-state index contributed by atoms with van der Waals surface area (Å²) in [4.78, 5) is 10.0. The molecule has 2 aliphatic carbocycles. The summed E-state index contributed by atoms with van der Waals surface area (Å²) >= 11 is 1.89. The molecule has 3 aromatic heterocycles. The van der Waals surface area contributed by atoms with Crippen LogP contribution in [0.15, 0.2) is 267 Å². The molecular formula is C70H44N2SSi. The van der Waals surface area contributed by atoms with E-state index < -0.39 is 8.07 Å². The van der Waals surface area contributed by atoms with Crippen LogP contribution < -0.4 is 20.7 Å². The Kier molecular flexibility index (Phi) is 9.81. The summed E-state index contributed by atoms with van der Waals surface area (Å²) in [7, 11) is -3.17. The molecule has 2 aliphatic rings. The second-order valence-electron chi connectivity index (χ2n) is 19.5. The molecule has 3 heterocycles. The van der Waals surface area contributed by atoms with E-state index in [0.29, 0.717) is 0 Å². The Hall–Kier alpha value is -9.06. The van der Waals surface area contributed by atoms with E-state index >= 15 is 0 Å². The highest BCUT2D eigenvalue weighted by Crippen LogP contribution is 2.50. The van der Waals surface area contributed by atoms with Crippen LogP contribution in [0.3, 0.4) is 0 Å². The van der Waals surface area contributed by atoms with Crippen LogP contribution in [0.1, 0.15) is 0 Å². The number of hydrogen-bond acceptors (Lipinski definition) is 3. The van der Waals surface area contributed by atoms with Gasteiger partial charge in [0, 0.05) is 43.7 Å². The number of thiophene rings is 1. The topological polar surface area (TPSA) is 25.8 Å². The average molecular weight is 973 g/mol. The van der Waals surface area contributed by atoms with Crippen LogP contribution in [0.25, 0.3) is 121 Å². The first-order valence-electron chi connectivity index (χ1n) is 25.4. The first kappa shape index (κ1) is 42.6. The van der Waals surface area contributed by atoms with Crippen LogP contribution >= 0.6 is 11.3 Å². The summed E-state index contributed by atoms with van der Waals surface area (Å²) in [6.07, 6.45) is 3.78. The second-order valence-corrected chi connectivity index (χ2v) is 24.3. The van der Waals surface area contributed by atoms with Crippen molar-refractivity contribution in [1.29, 1.82) is 0 Å². The lowest BCUT2D eigenvalue weighted by Gasteiger charge is -2.36. The molecule has 4 heteroatoms. The second kappa shape index (κ2) is 17.0. The maximum Gasteiger partial charge on any atom is 0.179 e. The number of hydrogen-bond donors (Lipinski definition) is 0. The minimum absolute atomic E-state index is 0.896. The summed E-state index contributed by atoms with van der Waals surface area (Å²) < 4.78 is 2.64. The highest BCUT2D eigenvalue weighted by molar-refractivity contribution is 7.26. The fourth-order valence-electron chi connectivity index (χ4n) is 12.5. The van der Waals surface area contributed by atoms with Crippen molar-refractivity contribution in [3.63, 3.8) is 0 Å². The van der Waals surface area contributed by atoms with E-state index in [9.17, 15) is 0 Å². The molecule has 344 valence electrons. The van der Waals surface area contributed by atoms with Gasteiger partial charge in [-0.25, -0.2) is 0 Å². The minimum Gasteiger partial charge on any atom is -0.254 e. The summed E-state index contributed by atoms with van der Waals surface area (Å²) in [5.74, 6) is 0. The molecule has 0 fully saturated rings. The van der Waals surface area contributed by atoms with E-state index in [0.717, 1.165) is 33.6 Å². The van der Waals surface area contributed by atoms with Crippen molar-refractivity contribution < 1.29 is 0 Å². The van der Waals surface area contributed by atoms with Crippen molar-refractivity contribution in [2.45, 2.75) is 0 Å². The fraction of sp³-hybridized carbons (Fsp3) is 0. The van der Waals surface area contributed by atoms with E-state index in [1.165, 1.54) is 108 Å². The smallest absolute Gasteiger partial charge is 0.179 e. The molecule has 10 aromatic carbocycles. The van der Waals surface area contributed by atoms with E-state index in [4.69, 9.17) is 9.97 Å². The Labute approximate surface area is 435 Å². The van der Waals surface area contributed by atoms with Gasteiger partial charge in [-0.05, 0) is 123 Å². The van der Waals surface area contributed by atoms with E-state index in [1.807, 2.05) is 29.8 Å². The van der Waals surface area contributed by atoms with Gasteiger partial charge in [-0.2, -0.15) is 0 Å². The van der Waals surface area contributed by atoms with Gasteiger partial charge in [-0.3, -0.25) is 9.97 Å². The number of pyridine rings is 2. The standard InChI is InChI=1S/C70H44N2SSi/c1-3-18-46(19-4-1)74(47-20-5-2-6-21-47,49-36-39-59-62-32-17-41-72-69(62)68-61(31-16-40-71-68)53-24-9-12-27-56(53)66(59)44-49)48-35-38-58-57-37-34-45(50-29-15-30-63-60-28-13-14-33-67(60)73-70(50)63)42-64(57)54-25-10-7-22-51(54)52-23-8-11-26-55(52)65(58)43-48/h1-44H. The lowest BCUT2D eigenvalue weighted by atomic mass is 9.80. The Morgan fingerprint density at radius 3 is 1.20 bits per heavy atom. The Morgan fingerprint density at radius 2 is 0.649 bits per heavy atom. The van der Waals surface area contributed by atoms with Gasteiger partial charge >= 0.3 is 0 Å². The summed E-state index contributed by atoms with van der Waals surface area (Å²) in [6, 6.07) is 95.8. The Morgan fingerprint density at radius 1 is 0.257 bits per heavy atom. The molecule has 0 unspecified atom stereocenters. The molecule has 0 aliphatic heterocycles. The lowest BCUT2D eigenvalue weighted by Crippen LogP contribution is -2.74. The van der Waals surface area contributed by atoms with Crippen LogP contribution in [0.4, 0.5) is 0 Å². The first-order chi connectivity index (χ1) is 36.7. The van der Waals surface area contributed by atoms with Crippen molar-refractivity contribution in [2.24, 2.45) is 0 Å². The summed E-state index contributed by atoms with van der Waals surface area (Å²) in [6.45, 7) is 0.